The second-order valence-electron chi connectivity index (χ2n) is 4.95. The number of ether oxygens (including phenoxy) is 1. The average molecular weight is 297 g/mol. The third kappa shape index (κ3) is 2.95. The van der Waals surface area contributed by atoms with Crippen molar-refractivity contribution in [2.45, 2.75) is 32.1 Å². The lowest BCUT2D eigenvalue weighted by atomic mass is 9.95. The number of methoxy groups -OCH3 is 1. The summed E-state index contributed by atoms with van der Waals surface area (Å²) in [6.07, 6.45) is 4.19. The minimum atomic E-state index is -0.835. The third-order valence-electron chi connectivity index (χ3n) is 3.55. The molecular weight excluding hydrogens is 278 g/mol. The molecule has 0 radical (unpaired) electrons. The van der Waals surface area contributed by atoms with Crippen LogP contribution < -0.4 is 4.90 Å². The molecule has 110 valence electrons. The molecule has 6 heteroatoms. The molecule has 20 heavy (non-hydrogen) atoms. The van der Waals surface area contributed by atoms with Crippen LogP contribution in [0.25, 0.3) is 0 Å². The van der Waals surface area contributed by atoms with Gasteiger partial charge in [0.2, 0.25) is 0 Å². The molecule has 0 amide bonds. The molecule has 1 N–H and O–H groups in total. The van der Waals surface area contributed by atoms with Crippen LogP contribution in [-0.2, 0) is 22.4 Å². The number of fused-ring (bicyclic) bond motifs is 1. The van der Waals surface area contributed by atoms with Crippen LogP contribution in [0.3, 0.4) is 0 Å². The van der Waals surface area contributed by atoms with E-state index >= 15 is 0 Å². The van der Waals surface area contributed by atoms with E-state index in [0.717, 1.165) is 36.2 Å². The molecule has 0 spiro atoms. The topological polar surface area (TPSA) is 66.8 Å². The Hall–Kier alpha value is -1.56. The summed E-state index contributed by atoms with van der Waals surface area (Å²) < 4.78 is 4.90. The summed E-state index contributed by atoms with van der Waals surface area (Å²) in [6.45, 7) is 0.388. The molecule has 0 saturated carbocycles. The van der Waals surface area contributed by atoms with E-state index in [0.29, 0.717) is 12.1 Å². The fourth-order valence-corrected chi connectivity index (χ4v) is 3.86. The standard InChI is InChI=1S/C14H19NO4S/c1-15(8-7-11(16)17)13-12(14(18)19-2)9-5-3-4-6-10(9)20-13/h3-8H2,1-2H3,(H,16,17). The van der Waals surface area contributed by atoms with E-state index < -0.39 is 5.97 Å². The van der Waals surface area contributed by atoms with Gasteiger partial charge in [0, 0.05) is 18.5 Å². The van der Waals surface area contributed by atoms with Gasteiger partial charge in [0.1, 0.15) is 5.00 Å². The van der Waals surface area contributed by atoms with E-state index in [2.05, 4.69) is 0 Å². The number of aliphatic carboxylic acids is 1. The van der Waals surface area contributed by atoms with E-state index in [1.54, 1.807) is 11.3 Å². The van der Waals surface area contributed by atoms with Gasteiger partial charge < -0.3 is 14.7 Å². The zero-order chi connectivity index (χ0) is 14.7. The van der Waals surface area contributed by atoms with Crippen molar-refractivity contribution in [2.24, 2.45) is 0 Å². The molecule has 1 aliphatic carbocycles. The molecule has 1 aliphatic rings. The molecule has 1 aromatic heterocycles. The number of rotatable bonds is 5. The van der Waals surface area contributed by atoms with Crippen LogP contribution in [0.5, 0.6) is 0 Å². The monoisotopic (exact) mass is 297 g/mol. The minimum absolute atomic E-state index is 0.0552. The Bertz CT molecular complexity index is 523. The van der Waals surface area contributed by atoms with Gasteiger partial charge in [-0.15, -0.1) is 11.3 Å². The quantitative estimate of drug-likeness (QED) is 0.845. The minimum Gasteiger partial charge on any atom is -0.481 e. The Morgan fingerprint density at radius 1 is 1.35 bits per heavy atom. The van der Waals surface area contributed by atoms with Crippen molar-refractivity contribution in [3.05, 3.63) is 16.0 Å². The molecule has 0 fully saturated rings. The first-order valence-electron chi connectivity index (χ1n) is 6.70. The van der Waals surface area contributed by atoms with E-state index in [1.165, 1.54) is 12.0 Å². The fourth-order valence-electron chi connectivity index (χ4n) is 2.50. The lowest BCUT2D eigenvalue weighted by molar-refractivity contribution is -0.136. The first kappa shape index (κ1) is 14.8. The summed E-state index contributed by atoms with van der Waals surface area (Å²) in [5.74, 6) is -1.15. The lowest BCUT2D eigenvalue weighted by Crippen LogP contribution is -2.22. The Morgan fingerprint density at radius 3 is 2.70 bits per heavy atom. The first-order valence-corrected chi connectivity index (χ1v) is 7.52. The Labute approximate surface area is 122 Å². The number of nitrogens with zero attached hydrogens (tertiary/aromatic N) is 1. The number of carboxylic acids is 1. The summed E-state index contributed by atoms with van der Waals surface area (Å²) >= 11 is 1.60. The molecule has 1 heterocycles. The van der Waals surface area contributed by atoms with Gasteiger partial charge >= 0.3 is 11.9 Å². The van der Waals surface area contributed by atoms with Gasteiger partial charge in [-0.1, -0.05) is 0 Å². The zero-order valence-electron chi connectivity index (χ0n) is 11.8. The third-order valence-corrected chi connectivity index (χ3v) is 4.96. The molecule has 0 atom stereocenters. The Balaban J connectivity index is 2.33. The number of carbonyl (C=O) groups excluding carboxylic acids is 1. The molecule has 0 aromatic carbocycles. The maximum Gasteiger partial charge on any atom is 0.341 e. The van der Waals surface area contributed by atoms with Gasteiger partial charge in [0.05, 0.1) is 19.1 Å². The molecule has 0 aliphatic heterocycles. The van der Waals surface area contributed by atoms with E-state index in [1.807, 2.05) is 11.9 Å². The van der Waals surface area contributed by atoms with Crippen LogP contribution in [0.1, 0.15) is 40.1 Å². The maximum atomic E-state index is 12.1. The number of aryl methyl sites for hydroxylation is 1. The van der Waals surface area contributed by atoms with Crippen LogP contribution in [0, 0.1) is 0 Å². The van der Waals surface area contributed by atoms with Crippen molar-refractivity contribution in [2.75, 3.05) is 25.6 Å². The highest BCUT2D eigenvalue weighted by molar-refractivity contribution is 7.16. The lowest BCUT2D eigenvalue weighted by Gasteiger charge is -2.18. The molecule has 2 rings (SSSR count). The number of anilines is 1. The molecule has 0 bridgehead atoms. The summed E-state index contributed by atoms with van der Waals surface area (Å²) in [6, 6.07) is 0. The second-order valence-corrected chi connectivity index (χ2v) is 6.03. The van der Waals surface area contributed by atoms with Crippen LogP contribution >= 0.6 is 11.3 Å². The number of hydrogen-bond donors (Lipinski definition) is 1. The highest BCUT2D eigenvalue weighted by Crippen LogP contribution is 2.40. The van der Waals surface area contributed by atoms with Crippen LogP contribution in [0.4, 0.5) is 5.00 Å². The molecule has 0 unspecified atom stereocenters. The summed E-state index contributed by atoms with van der Waals surface area (Å²) in [5, 5.41) is 9.62. The zero-order valence-corrected chi connectivity index (χ0v) is 12.6. The number of thiophene rings is 1. The number of carbonyl (C=O) groups is 2. The normalized spacial score (nSPS) is 13.7. The average Bonchev–Trinajstić information content (AvgIpc) is 2.83. The molecule has 1 aromatic rings. The molecular formula is C14H19NO4S. The van der Waals surface area contributed by atoms with Gasteiger partial charge in [0.15, 0.2) is 0 Å². The van der Waals surface area contributed by atoms with Crippen LogP contribution in [-0.4, -0.2) is 37.7 Å². The summed E-state index contributed by atoms with van der Waals surface area (Å²) in [7, 11) is 3.21. The van der Waals surface area contributed by atoms with Gasteiger partial charge in [-0.3, -0.25) is 4.79 Å². The van der Waals surface area contributed by atoms with Crippen molar-refractivity contribution >= 4 is 28.3 Å². The largest absolute Gasteiger partial charge is 0.481 e. The molecule has 5 nitrogen and oxygen atoms in total. The Morgan fingerprint density at radius 2 is 2.05 bits per heavy atom. The number of hydrogen-bond acceptors (Lipinski definition) is 5. The highest BCUT2D eigenvalue weighted by atomic mass is 32.1. The van der Waals surface area contributed by atoms with Crippen molar-refractivity contribution < 1.29 is 19.4 Å². The number of carboxylic acid groups (broad SMARTS) is 1. The van der Waals surface area contributed by atoms with Gasteiger partial charge in [-0.2, -0.15) is 0 Å². The predicted molar refractivity (Wildman–Crippen MR) is 77.8 cm³/mol. The second kappa shape index (κ2) is 6.26. The van der Waals surface area contributed by atoms with E-state index in [-0.39, 0.29) is 12.4 Å². The maximum absolute atomic E-state index is 12.1. The van der Waals surface area contributed by atoms with Gasteiger partial charge in [0.25, 0.3) is 0 Å². The van der Waals surface area contributed by atoms with Gasteiger partial charge in [-0.25, -0.2) is 4.79 Å². The summed E-state index contributed by atoms with van der Waals surface area (Å²) in [5.41, 5.74) is 1.74. The van der Waals surface area contributed by atoms with Crippen LogP contribution in [0.2, 0.25) is 0 Å². The van der Waals surface area contributed by atoms with Gasteiger partial charge in [-0.05, 0) is 31.2 Å². The van der Waals surface area contributed by atoms with E-state index in [9.17, 15) is 9.59 Å². The van der Waals surface area contributed by atoms with Crippen LogP contribution in [0.15, 0.2) is 0 Å². The van der Waals surface area contributed by atoms with Crippen molar-refractivity contribution in [3.63, 3.8) is 0 Å². The highest BCUT2D eigenvalue weighted by Gasteiger charge is 2.27. The summed E-state index contributed by atoms with van der Waals surface area (Å²) in [4.78, 5) is 25.8. The predicted octanol–water partition coefficient (Wildman–Crippen LogP) is 2.32. The molecule has 0 saturated heterocycles. The van der Waals surface area contributed by atoms with Crippen molar-refractivity contribution in [3.8, 4) is 0 Å². The van der Waals surface area contributed by atoms with Crippen molar-refractivity contribution in [1.82, 2.24) is 0 Å². The van der Waals surface area contributed by atoms with Crippen molar-refractivity contribution in [1.29, 1.82) is 0 Å². The number of esters is 1. The smallest absolute Gasteiger partial charge is 0.341 e. The fraction of sp³-hybridized carbons (Fsp3) is 0.571. The first-order chi connectivity index (χ1) is 9.54. The van der Waals surface area contributed by atoms with E-state index in [4.69, 9.17) is 9.84 Å². The SMILES string of the molecule is COC(=O)c1c(N(C)CCC(=O)O)sc2c1CCCC2. The Kier molecular flexibility index (Phi) is 4.65.